The van der Waals surface area contributed by atoms with Gasteiger partial charge >= 0.3 is 0 Å². The Kier molecular flexibility index (Phi) is 1.94. The van der Waals surface area contributed by atoms with Crippen molar-refractivity contribution in [2.75, 3.05) is 0 Å². The topological polar surface area (TPSA) is 34.9 Å². The van der Waals surface area contributed by atoms with Crippen molar-refractivity contribution >= 4 is 6.29 Å². The van der Waals surface area contributed by atoms with Crippen LogP contribution in [0, 0.1) is 5.41 Å². The van der Waals surface area contributed by atoms with Crippen LogP contribution in [0.4, 0.5) is 0 Å². The zero-order chi connectivity index (χ0) is 9.31. The van der Waals surface area contributed by atoms with E-state index >= 15 is 0 Å². The van der Waals surface area contributed by atoms with Crippen LogP contribution < -0.4 is 0 Å². The van der Waals surface area contributed by atoms with Gasteiger partial charge < -0.3 is 4.79 Å². The molecule has 0 N–H and O–H groups in total. The van der Waals surface area contributed by atoms with Gasteiger partial charge in [0, 0.05) is 24.4 Å². The van der Waals surface area contributed by atoms with E-state index in [2.05, 4.69) is 5.10 Å². The summed E-state index contributed by atoms with van der Waals surface area (Å²) in [6, 6.07) is 2.01. The highest BCUT2D eigenvalue weighted by molar-refractivity contribution is 5.63. The number of rotatable bonds is 4. The smallest absolute Gasteiger partial charge is 0.126 e. The largest absolute Gasteiger partial charge is 0.303 e. The van der Waals surface area contributed by atoms with Gasteiger partial charge in [0.2, 0.25) is 0 Å². The molecule has 1 aromatic heterocycles. The number of carbonyl (C=O) groups excluding carboxylic acids is 1. The summed E-state index contributed by atoms with van der Waals surface area (Å²) in [4.78, 5) is 10.7. The molecule has 70 valence electrons. The average molecular weight is 178 g/mol. The van der Waals surface area contributed by atoms with Gasteiger partial charge in [-0.2, -0.15) is 5.10 Å². The Labute approximate surface area is 77.7 Å². The highest BCUT2D eigenvalue weighted by Gasteiger charge is 2.41. The first-order valence-electron chi connectivity index (χ1n) is 4.69. The predicted octanol–water partition coefficient (Wildman–Crippen LogP) is 1.33. The number of aromatic nitrogens is 2. The zero-order valence-electron chi connectivity index (χ0n) is 7.86. The van der Waals surface area contributed by atoms with Crippen LogP contribution in [0.5, 0.6) is 0 Å². The maximum Gasteiger partial charge on any atom is 0.126 e. The van der Waals surface area contributed by atoms with Crippen LogP contribution >= 0.6 is 0 Å². The second-order valence-corrected chi connectivity index (χ2v) is 3.93. The molecule has 0 amide bonds. The Hall–Kier alpha value is -1.12. The fourth-order valence-corrected chi connectivity index (χ4v) is 1.61. The van der Waals surface area contributed by atoms with Gasteiger partial charge in [-0.3, -0.25) is 4.68 Å². The third-order valence-electron chi connectivity index (χ3n) is 2.94. The quantitative estimate of drug-likeness (QED) is 0.652. The first kappa shape index (κ1) is 8.48. The summed E-state index contributed by atoms with van der Waals surface area (Å²) in [7, 11) is 1.94. The van der Waals surface area contributed by atoms with Gasteiger partial charge in [-0.25, -0.2) is 0 Å². The van der Waals surface area contributed by atoms with Crippen LogP contribution in [0.1, 0.15) is 25.0 Å². The lowest BCUT2D eigenvalue weighted by atomic mass is 10.0. The second-order valence-electron chi connectivity index (χ2n) is 3.93. The van der Waals surface area contributed by atoms with E-state index in [4.69, 9.17) is 0 Å². The van der Waals surface area contributed by atoms with Crippen molar-refractivity contribution in [2.24, 2.45) is 12.5 Å². The van der Waals surface area contributed by atoms with Crippen LogP contribution in [0.15, 0.2) is 12.3 Å². The van der Waals surface area contributed by atoms with Crippen molar-refractivity contribution in [2.45, 2.75) is 25.7 Å². The number of aryl methyl sites for hydroxylation is 2. The van der Waals surface area contributed by atoms with Gasteiger partial charge in [-0.05, 0) is 31.7 Å². The normalized spacial score (nSPS) is 18.5. The lowest BCUT2D eigenvalue weighted by molar-refractivity contribution is -0.112. The maximum absolute atomic E-state index is 10.7. The minimum Gasteiger partial charge on any atom is -0.303 e. The van der Waals surface area contributed by atoms with Crippen LogP contribution in [0.3, 0.4) is 0 Å². The summed E-state index contributed by atoms with van der Waals surface area (Å²) < 4.78 is 1.88. The zero-order valence-corrected chi connectivity index (χ0v) is 7.86. The molecule has 0 atom stereocenters. The molecule has 2 rings (SSSR count). The Morgan fingerprint density at radius 1 is 1.69 bits per heavy atom. The fourth-order valence-electron chi connectivity index (χ4n) is 1.61. The summed E-state index contributed by atoms with van der Waals surface area (Å²) in [6.45, 7) is 0. The summed E-state index contributed by atoms with van der Waals surface area (Å²) in [6.07, 6.45) is 7.03. The molecule has 13 heavy (non-hydrogen) atoms. The maximum atomic E-state index is 10.7. The van der Waals surface area contributed by atoms with E-state index < -0.39 is 0 Å². The number of aldehydes is 1. The minimum absolute atomic E-state index is 0.0320. The summed E-state index contributed by atoms with van der Waals surface area (Å²) in [5.74, 6) is 0. The van der Waals surface area contributed by atoms with Crippen molar-refractivity contribution in [3.63, 3.8) is 0 Å². The number of carbonyl (C=O) groups is 1. The summed E-state index contributed by atoms with van der Waals surface area (Å²) in [5.41, 5.74) is 1.25. The van der Waals surface area contributed by atoms with Gasteiger partial charge in [0.1, 0.15) is 6.29 Å². The van der Waals surface area contributed by atoms with E-state index in [0.717, 1.165) is 32.0 Å². The Morgan fingerprint density at radius 3 is 2.92 bits per heavy atom. The highest BCUT2D eigenvalue weighted by atomic mass is 16.1. The molecule has 0 unspecified atom stereocenters. The predicted molar refractivity (Wildman–Crippen MR) is 49.3 cm³/mol. The number of hydrogen-bond acceptors (Lipinski definition) is 2. The monoisotopic (exact) mass is 178 g/mol. The molecule has 1 aliphatic rings. The van der Waals surface area contributed by atoms with E-state index in [-0.39, 0.29) is 5.41 Å². The van der Waals surface area contributed by atoms with Gasteiger partial charge in [0.05, 0.1) is 0 Å². The van der Waals surface area contributed by atoms with Crippen LogP contribution in [-0.2, 0) is 18.3 Å². The lowest BCUT2D eigenvalue weighted by Crippen LogP contribution is -2.06. The van der Waals surface area contributed by atoms with Gasteiger partial charge in [-0.15, -0.1) is 0 Å². The van der Waals surface area contributed by atoms with E-state index in [1.165, 1.54) is 5.69 Å². The Bertz CT molecular complexity index is 312. The lowest BCUT2D eigenvalue weighted by Gasteiger charge is -2.06. The third-order valence-corrected chi connectivity index (χ3v) is 2.94. The number of nitrogens with zero attached hydrogens (tertiary/aromatic N) is 2. The highest BCUT2D eigenvalue weighted by Crippen LogP contribution is 2.47. The van der Waals surface area contributed by atoms with Gasteiger partial charge in [0.15, 0.2) is 0 Å². The van der Waals surface area contributed by atoms with E-state index in [1.807, 2.05) is 17.8 Å². The molecule has 0 radical (unpaired) electrons. The molecule has 3 nitrogen and oxygen atoms in total. The molecule has 3 heteroatoms. The van der Waals surface area contributed by atoms with Crippen molar-refractivity contribution in [1.82, 2.24) is 9.78 Å². The van der Waals surface area contributed by atoms with E-state index in [0.29, 0.717) is 0 Å². The van der Waals surface area contributed by atoms with Crippen LogP contribution in [0.25, 0.3) is 0 Å². The fraction of sp³-hybridized carbons (Fsp3) is 0.600. The summed E-state index contributed by atoms with van der Waals surface area (Å²) in [5, 5.41) is 4.09. The first-order valence-corrected chi connectivity index (χ1v) is 4.69. The Balaban J connectivity index is 1.93. The molecule has 0 bridgehead atoms. The van der Waals surface area contributed by atoms with Crippen LogP contribution in [0.2, 0.25) is 0 Å². The molecule has 1 fully saturated rings. The molecule has 1 heterocycles. The SMILES string of the molecule is Cn1nccc1CCC1(C=O)CC1. The molecule has 0 aliphatic heterocycles. The van der Waals surface area contributed by atoms with E-state index in [1.54, 1.807) is 6.20 Å². The molecule has 0 aromatic carbocycles. The van der Waals surface area contributed by atoms with Gasteiger partial charge in [-0.1, -0.05) is 0 Å². The second kappa shape index (κ2) is 2.98. The number of hydrogen-bond donors (Lipinski definition) is 0. The molecule has 0 saturated heterocycles. The first-order chi connectivity index (χ1) is 6.26. The molecular weight excluding hydrogens is 164 g/mol. The Morgan fingerprint density at radius 2 is 2.46 bits per heavy atom. The van der Waals surface area contributed by atoms with Gasteiger partial charge in [0.25, 0.3) is 0 Å². The van der Waals surface area contributed by atoms with Crippen molar-refractivity contribution in [3.05, 3.63) is 18.0 Å². The average Bonchev–Trinajstić information content (AvgIpc) is 2.82. The molecular formula is C10H14N2O. The molecule has 1 saturated carbocycles. The standard InChI is InChI=1S/C10H14N2O/c1-12-9(3-7-11-12)2-4-10(8-13)5-6-10/h3,7-8H,2,4-6H2,1H3. The van der Waals surface area contributed by atoms with Crippen LogP contribution in [-0.4, -0.2) is 16.1 Å². The third kappa shape index (κ3) is 1.64. The van der Waals surface area contributed by atoms with Crippen molar-refractivity contribution in [1.29, 1.82) is 0 Å². The summed E-state index contributed by atoms with van der Waals surface area (Å²) >= 11 is 0. The van der Waals surface area contributed by atoms with Crippen molar-refractivity contribution in [3.8, 4) is 0 Å². The molecule has 0 spiro atoms. The van der Waals surface area contributed by atoms with Crippen molar-refractivity contribution < 1.29 is 4.79 Å². The molecule has 1 aliphatic carbocycles. The minimum atomic E-state index is 0.0320. The van der Waals surface area contributed by atoms with E-state index in [9.17, 15) is 4.79 Å². The molecule has 1 aromatic rings.